The molecule has 1 atom stereocenters. The molecule has 0 aliphatic heterocycles. The molecule has 0 aromatic carbocycles. The molecule has 0 saturated heterocycles. The zero-order valence-corrected chi connectivity index (χ0v) is 54.6. The summed E-state index contributed by atoms with van der Waals surface area (Å²) in [7, 11) is 0. The van der Waals surface area contributed by atoms with Gasteiger partial charge < -0.3 is 14.2 Å². The van der Waals surface area contributed by atoms with E-state index in [9.17, 15) is 14.4 Å². The van der Waals surface area contributed by atoms with Gasteiger partial charge in [-0.3, -0.25) is 14.4 Å². The minimum absolute atomic E-state index is 0.0754. The molecule has 474 valence electrons. The highest BCUT2D eigenvalue weighted by Gasteiger charge is 2.19. The molecule has 0 saturated carbocycles. The Balaban J connectivity index is 4.25. The minimum atomic E-state index is -0.781. The van der Waals surface area contributed by atoms with Gasteiger partial charge in [-0.1, -0.05) is 345 Å². The first-order valence-electron chi connectivity index (χ1n) is 36.1. The number of hydrogen-bond donors (Lipinski definition) is 0. The molecule has 0 spiro atoms. The van der Waals surface area contributed by atoms with E-state index in [0.717, 1.165) is 96.3 Å². The molecule has 0 fully saturated rings. The summed E-state index contributed by atoms with van der Waals surface area (Å²) in [6, 6.07) is 0. The van der Waals surface area contributed by atoms with Gasteiger partial charge in [-0.25, -0.2) is 0 Å². The van der Waals surface area contributed by atoms with Crippen molar-refractivity contribution in [1.82, 2.24) is 0 Å². The second kappa shape index (κ2) is 69.9. The minimum Gasteiger partial charge on any atom is -0.462 e. The Labute approximate surface area is 505 Å². The molecular formula is C75H138O6. The van der Waals surface area contributed by atoms with E-state index in [4.69, 9.17) is 14.2 Å². The summed E-state index contributed by atoms with van der Waals surface area (Å²) in [5.41, 5.74) is 0. The molecule has 6 nitrogen and oxygen atoms in total. The topological polar surface area (TPSA) is 78.9 Å². The molecule has 0 radical (unpaired) electrons. The summed E-state index contributed by atoms with van der Waals surface area (Å²) in [6.45, 7) is 6.59. The van der Waals surface area contributed by atoms with Gasteiger partial charge in [0.15, 0.2) is 6.10 Å². The molecule has 0 heterocycles. The molecule has 0 aromatic rings. The molecule has 0 N–H and O–H groups in total. The summed E-state index contributed by atoms with van der Waals surface area (Å²) in [5, 5.41) is 0. The Morgan fingerprint density at radius 3 is 0.765 bits per heavy atom. The van der Waals surface area contributed by atoms with E-state index in [2.05, 4.69) is 69.4 Å². The average molecular weight is 1140 g/mol. The third kappa shape index (κ3) is 68.0. The van der Waals surface area contributed by atoms with Crippen LogP contribution in [0, 0.1) is 0 Å². The van der Waals surface area contributed by atoms with Crippen LogP contribution in [0.5, 0.6) is 0 Å². The molecule has 0 bridgehead atoms. The van der Waals surface area contributed by atoms with Crippen LogP contribution in [0.15, 0.2) is 48.6 Å². The van der Waals surface area contributed by atoms with Gasteiger partial charge in [0.2, 0.25) is 0 Å². The third-order valence-electron chi connectivity index (χ3n) is 16.3. The molecular weight excluding hydrogens is 997 g/mol. The van der Waals surface area contributed by atoms with Crippen LogP contribution in [0.25, 0.3) is 0 Å². The van der Waals surface area contributed by atoms with Crippen LogP contribution >= 0.6 is 0 Å². The molecule has 81 heavy (non-hydrogen) atoms. The zero-order chi connectivity index (χ0) is 58.5. The molecule has 1 unspecified atom stereocenters. The van der Waals surface area contributed by atoms with E-state index >= 15 is 0 Å². The lowest BCUT2D eigenvalue weighted by Crippen LogP contribution is -2.30. The molecule has 0 aromatic heterocycles. The Morgan fingerprint density at radius 2 is 0.481 bits per heavy atom. The van der Waals surface area contributed by atoms with Gasteiger partial charge >= 0.3 is 17.9 Å². The molecule has 6 heteroatoms. The van der Waals surface area contributed by atoms with Crippen LogP contribution < -0.4 is 0 Å². The highest BCUT2D eigenvalue weighted by Crippen LogP contribution is 2.19. The van der Waals surface area contributed by atoms with Crippen molar-refractivity contribution in [1.29, 1.82) is 0 Å². The molecule has 0 rings (SSSR count). The van der Waals surface area contributed by atoms with Crippen molar-refractivity contribution >= 4 is 17.9 Å². The van der Waals surface area contributed by atoms with Crippen LogP contribution in [0.3, 0.4) is 0 Å². The number of allylic oxidation sites excluding steroid dienone is 8. The SMILES string of the molecule is CC/C=C\C/C=C\C/C=C\CCCCCCCC(=O)OCC(COC(=O)CCCCCCCCCCCCCCCCCCCCCCCCCCCCC)OC(=O)CCCCCCCCCCC/C=C\CCCCCCCCCC. The van der Waals surface area contributed by atoms with E-state index in [-0.39, 0.29) is 31.1 Å². The van der Waals surface area contributed by atoms with Crippen molar-refractivity contribution < 1.29 is 28.6 Å². The Morgan fingerprint density at radius 1 is 0.259 bits per heavy atom. The number of ether oxygens (including phenoxy) is 3. The fraction of sp³-hybridized carbons (Fsp3) is 0.853. The first-order valence-corrected chi connectivity index (χ1v) is 36.1. The molecule has 0 aliphatic rings. The highest BCUT2D eigenvalue weighted by atomic mass is 16.6. The van der Waals surface area contributed by atoms with Gasteiger partial charge in [0.1, 0.15) is 13.2 Å². The number of unbranched alkanes of at least 4 members (excludes halogenated alkanes) is 48. The number of carbonyl (C=O) groups excluding carboxylic acids is 3. The summed E-state index contributed by atoms with van der Waals surface area (Å²) in [6.07, 6.45) is 88.7. The van der Waals surface area contributed by atoms with Crippen LogP contribution in [0.4, 0.5) is 0 Å². The second-order valence-corrected chi connectivity index (χ2v) is 24.5. The Kier molecular flexibility index (Phi) is 67.6. The standard InChI is InChI=1S/C75H138O6/c1-4-7-10-13-16-19-22-25-28-30-32-34-35-36-37-38-39-41-42-44-47-50-53-56-59-62-65-68-74(77)80-71-72(70-79-73(76)67-64-61-58-55-52-49-46-27-24-21-18-15-12-9-6-3)81-75(78)69-66-63-60-57-54-51-48-45-43-40-33-31-29-26-23-20-17-14-11-8-5-2/h9,12,18,21,27,31,33,46,72H,4-8,10-11,13-17,19-20,22-26,28-30,32,34-45,47-71H2,1-3H3/b12-9-,21-18-,33-31-,46-27-. The maximum absolute atomic E-state index is 13.0. The summed E-state index contributed by atoms with van der Waals surface area (Å²) >= 11 is 0. The van der Waals surface area contributed by atoms with E-state index in [0.29, 0.717) is 19.3 Å². The lowest BCUT2D eigenvalue weighted by molar-refractivity contribution is -0.167. The summed E-state index contributed by atoms with van der Waals surface area (Å²) < 4.78 is 17.0. The lowest BCUT2D eigenvalue weighted by Gasteiger charge is -2.18. The van der Waals surface area contributed by atoms with Crippen molar-refractivity contribution in [3.63, 3.8) is 0 Å². The number of rotatable bonds is 67. The maximum atomic E-state index is 13.0. The largest absolute Gasteiger partial charge is 0.462 e. The van der Waals surface area contributed by atoms with Crippen LogP contribution in [-0.4, -0.2) is 37.2 Å². The highest BCUT2D eigenvalue weighted by molar-refractivity contribution is 5.71. The fourth-order valence-corrected chi connectivity index (χ4v) is 10.9. The van der Waals surface area contributed by atoms with Crippen molar-refractivity contribution in [2.24, 2.45) is 0 Å². The molecule has 0 aliphatic carbocycles. The van der Waals surface area contributed by atoms with Gasteiger partial charge in [-0.2, -0.15) is 0 Å². The van der Waals surface area contributed by atoms with Gasteiger partial charge in [-0.15, -0.1) is 0 Å². The third-order valence-corrected chi connectivity index (χ3v) is 16.3. The first kappa shape index (κ1) is 78.4. The fourth-order valence-electron chi connectivity index (χ4n) is 10.9. The molecule has 0 amide bonds. The predicted molar refractivity (Wildman–Crippen MR) is 353 cm³/mol. The zero-order valence-electron chi connectivity index (χ0n) is 54.6. The first-order chi connectivity index (χ1) is 40.0. The number of carbonyl (C=O) groups is 3. The normalized spacial score (nSPS) is 12.3. The summed E-state index contributed by atoms with van der Waals surface area (Å²) in [4.78, 5) is 38.5. The summed E-state index contributed by atoms with van der Waals surface area (Å²) in [5.74, 6) is -0.868. The van der Waals surface area contributed by atoms with Crippen LogP contribution in [0.1, 0.15) is 393 Å². The van der Waals surface area contributed by atoms with Crippen LogP contribution in [0.2, 0.25) is 0 Å². The van der Waals surface area contributed by atoms with Crippen molar-refractivity contribution in [2.75, 3.05) is 13.2 Å². The monoisotopic (exact) mass is 1140 g/mol. The van der Waals surface area contributed by atoms with Crippen molar-refractivity contribution in [3.8, 4) is 0 Å². The lowest BCUT2D eigenvalue weighted by atomic mass is 10.0. The quantitative estimate of drug-likeness (QED) is 0.0261. The number of hydrogen-bond acceptors (Lipinski definition) is 6. The van der Waals surface area contributed by atoms with Gasteiger partial charge in [0.05, 0.1) is 0 Å². The Hall–Kier alpha value is -2.63. The van der Waals surface area contributed by atoms with E-state index in [1.807, 2.05) is 0 Å². The Bertz CT molecular complexity index is 1400. The smallest absolute Gasteiger partial charge is 0.306 e. The van der Waals surface area contributed by atoms with Crippen molar-refractivity contribution in [2.45, 2.75) is 399 Å². The second-order valence-electron chi connectivity index (χ2n) is 24.5. The van der Waals surface area contributed by atoms with Gasteiger partial charge in [0, 0.05) is 19.3 Å². The van der Waals surface area contributed by atoms with E-state index in [1.54, 1.807) is 0 Å². The number of esters is 3. The predicted octanol–water partition coefficient (Wildman–Crippen LogP) is 24.9. The van der Waals surface area contributed by atoms with Gasteiger partial charge in [-0.05, 0) is 77.0 Å². The maximum Gasteiger partial charge on any atom is 0.306 e. The van der Waals surface area contributed by atoms with Crippen molar-refractivity contribution in [3.05, 3.63) is 48.6 Å². The van der Waals surface area contributed by atoms with Gasteiger partial charge in [0.25, 0.3) is 0 Å². The van der Waals surface area contributed by atoms with Crippen LogP contribution in [-0.2, 0) is 28.6 Å². The van der Waals surface area contributed by atoms with E-state index < -0.39 is 6.10 Å². The average Bonchev–Trinajstić information content (AvgIpc) is 3.47. The van der Waals surface area contributed by atoms with E-state index in [1.165, 1.54) is 257 Å².